The van der Waals surface area contributed by atoms with Crippen LogP contribution >= 0.6 is 0 Å². The summed E-state index contributed by atoms with van der Waals surface area (Å²) in [4.78, 5) is 0. The Morgan fingerprint density at radius 2 is 1.16 bits per heavy atom. The Labute approximate surface area is 182 Å². The maximum atomic E-state index is 6.62. The largest absolute Gasteiger partial charge is 0.455 e. The Kier molecular flexibility index (Phi) is 5.20. The van der Waals surface area contributed by atoms with Crippen LogP contribution in [0.3, 0.4) is 0 Å². The molecule has 0 atom stereocenters. The van der Waals surface area contributed by atoms with Crippen molar-refractivity contribution in [1.82, 2.24) is 0 Å². The molecule has 31 heavy (non-hydrogen) atoms. The first-order valence-electron chi connectivity index (χ1n) is 10.3. The third-order valence-corrected chi connectivity index (χ3v) is 5.19. The van der Waals surface area contributed by atoms with Crippen molar-refractivity contribution in [3.05, 3.63) is 132 Å². The summed E-state index contributed by atoms with van der Waals surface area (Å²) in [5.74, 6) is 7.96. The Morgan fingerprint density at radius 1 is 0.613 bits per heavy atom. The van der Waals surface area contributed by atoms with Gasteiger partial charge in [0.15, 0.2) is 0 Å². The van der Waals surface area contributed by atoms with E-state index in [1.807, 2.05) is 78.9 Å². The summed E-state index contributed by atoms with van der Waals surface area (Å²) in [6.45, 7) is 0. The zero-order valence-electron chi connectivity index (χ0n) is 17.0. The second-order valence-electron chi connectivity index (χ2n) is 7.26. The summed E-state index contributed by atoms with van der Waals surface area (Å²) in [6.07, 6.45) is 1.86. The highest BCUT2D eigenvalue weighted by molar-refractivity contribution is 6.05. The van der Waals surface area contributed by atoms with Gasteiger partial charge in [0.05, 0.1) is 0 Å². The molecule has 0 spiro atoms. The zero-order chi connectivity index (χ0) is 20.9. The van der Waals surface area contributed by atoms with Crippen LogP contribution in [-0.4, -0.2) is 0 Å². The summed E-state index contributed by atoms with van der Waals surface area (Å²) in [5, 5.41) is 4.47. The quantitative estimate of drug-likeness (QED) is 0.175. The summed E-state index contributed by atoms with van der Waals surface area (Å²) in [7, 11) is 0. The Bertz CT molecular complexity index is 1380. The lowest BCUT2D eigenvalue weighted by Gasteiger charge is -2.15. The van der Waals surface area contributed by atoms with Crippen LogP contribution in [0.4, 0.5) is 0 Å². The van der Waals surface area contributed by atoms with Crippen LogP contribution < -0.4 is 4.74 Å². The summed E-state index contributed by atoms with van der Waals surface area (Å²) in [5.41, 5.74) is 1.96. The molecule has 0 heterocycles. The summed E-state index contributed by atoms with van der Waals surface area (Å²) < 4.78 is 6.62. The predicted octanol–water partition coefficient (Wildman–Crippen LogP) is 7.46. The molecule has 0 aliphatic heterocycles. The van der Waals surface area contributed by atoms with Gasteiger partial charge in [0, 0.05) is 28.0 Å². The third-order valence-electron chi connectivity index (χ3n) is 5.19. The van der Waals surface area contributed by atoms with Crippen LogP contribution in [-0.2, 0) is 0 Å². The van der Waals surface area contributed by atoms with Crippen molar-refractivity contribution in [2.24, 2.45) is 0 Å². The van der Waals surface area contributed by atoms with E-state index in [9.17, 15) is 0 Å². The van der Waals surface area contributed by atoms with Gasteiger partial charge in [0.25, 0.3) is 0 Å². The van der Waals surface area contributed by atoms with Crippen LogP contribution in [0, 0.1) is 11.8 Å². The molecule has 0 aliphatic rings. The average Bonchev–Trinajstić information content (AvgIpc) is 2.84. The molecule has 0 radical (unpaired) electrons. The van der Waals surface area contributed by atoms with E-state index in [2.05, 4.69) is 54.3 Å². The van der Waals surface area contributed by atoms with E-state index >= 15 is 0 Å². The number of rotatable bonds is 3. The second-order valence-corrected chi connectivity index (χ2v) is 7.26. The van der Waals surface area contributed by atoms with Crippen LogP contribution in [0.2, 0.25) is 0 Å². The maximum Gasteiger partial charge on any atom is 0.143 e. The Hall–Kier alpha value is -4.28. The molecule has 0 aliphatic carbocycles. The molecule has 1 nitrogen and oxygen atoms in total. The van der Waals surface area contributed by atoms with Crippen molar-refractivity contribution in [2.75, 3.05) is 0 Å². The van der Waals surface area contributed by atoms with Crippen LogP contribution in [0.5, 0.6) is 5.75 Å². The first kappa shape index (κ1) is 18.7. The van der Waals surface area contributed by atoms with Gasteiger partial charge in [-0.25, -0.2) is 0 Å². The smallest absolute Gasteiger partial charge is 0.143 e. The van der Waals surface area contributed by atoms with Crippen molar-refractivity contribution in [2.45, 2.75) is 0 Å². The highest BCUT2D eigenvalue weighted by atomic mass is 16.5. The molecule has 5 aromatic rings. The summed E-state index contributed by atoms with van der Waals surface area (Å²) >= 11 is 0. The van der Waals surface area contributed by atoms with Gasteiger partial charge in [-0.1, -0.05) is 109 Å². The minimum absolute atomic E-state index is 0.727. The molecule has 0 aromatic heterocycles. The Morgan fingerprint density at radius 3 is 1.81 bits per heavy atom. The van der Waals surface area contributed by atoms with Gasteiger partial charge in [-0.05, 0) is 29.0 Å². The fraction of sp³-hybridized carbons (Fsp3) is 0. The fourth-order valence-corrected chi connectivity index (χ4v) is 3.67. The molecule has 5 aromatic carbocycles. The number of allylic oxidation sites excluding steroid dienone is 1. The van der Waals surface area contributed by atoms with Crippen LogP contribution in [0.25, 0.3) is 27.3 Å². The number of hydrogen-bond donors (Lipinski definition) is 0. The molecule has 5 rings (SSSR count). The van der Waals surface area contributed by atoms with Gasteiger partial charge in [-0.3, -0.25) is 0 Å². The summed E-state index contributed by atoms with van der Waals surface area (Å²) in [6, 6.07) is 39.0. The van der Waals surface area contributed by atoms with Crippen molar-refractivity contribution >= 4 is 27.3 Å². The molecule has 0 amide bonds. The lowest BCUT2D eigenvalue weighted by molar-refractivity contribution is 0.527. The standard InChI is InChI=1S/C30H20O/c1-3-12-23(13-4-1)14-11-21-29(24-15-5-2-6-16-24)31-30-27-19-9-7-17-25(27)22-26-18-8-10-20-28(26)30/h1-10,12-13,15-22H/b29-21-. The van der Waals surface area contributed by atoms with Crippen molar-refractivity contribution < 1.29 is 4.74 Å². The number of benzene rings is 5. The number of ether oxygens (including phenoxy) is 1. The predicted molar refractivity (Wildman–Crippen MR) is 130 cm³/mol. The SMILES string of the molecule is C(#Cc1ccccc1)/C=C(\Oc1c2ccccc2cc2ccccc12)c1ccccc1. The molecule has 0 unspecified atom stereocenters. The zero-order valence-corrected chi connectivity index (χ0v) is 17.0. The monoisotopic (exact) mass is 396 g/mol. The molecule has 0 bridgehead atoms. The average molecular weight is 396 g/mol. The normalized spacial score (nSPS) is 11.2. The van der Waals surface area contributed by atoms with Gasteiger partial charge in [-0.15, -0.1) is 0 Å². The van der Waals surface area contributed by atoms with E-state index < -0.39 is 0 Å². The maximum absolute atomic E-state index is 6.62. The van der Waals surface area contributed by atoms with Crippen molar-refractivity contribution in [3.63, 3.8) is 0 Å². The minimum atomic E-state index is 0.727. The molecule has 0 N–H and O–H groups in total. The van der Waals surface area contributed by atoms with Gasteiger partial charge in [0.2, 0.25) is 0 Å². The highest BCUT2D eigenvalue weighted by Gasteiger charge is 2.12. The van der Waals surface area contributed by atoms with Gasteiger partial charge in [-0.2, -0.15) is 0 Å². The van der Waals surface area contributed by atoms with E-state index in [1.165, 1.54) is 0 Å². The van der Waals surface area contributed by atoms with E-state index in [4.69, 9.17) is 4.74 Å². The number of hydrogen-bond acceptors (Lipinski definition) is 1. The van der Waals surface area contributed by atoms with Crippen LogP contribution in [0.15, 0.2) is 121 Å². The van der Waals surface area contributed by atoms with Gasteiger partial charge < -0.3 is 4.74 Å². The molecular weight excluding hydrogens is 376 g/mol. The second kappa shape index (κ2) is 8.61. The van der Waals surface area contributed by atoms with Crippen molar-refractivity contribution in [1.29, 1.82) is 0 Å². The van der Waals surface area contributed by atoms with E-state index in [1.54, 1.807) is 0 Å². The van der Waals surface area contributed by atoms with E-state index in [-0.39, 0.29) is 0 Å². The van der Waals surface area contributed by atoms with Gasteiger partial charge in [0.1, 0.15) is 11.5 Å². The minimum Gasteiger partial charge on any atom is -0.455 e. The molecule has 0 fully saturated rings. The van der Waals surface area contributed by atoms with Gasteiger partial charge >= 0.3 is 0 Å². The van der Waals surface area contributed by atoms with E-state index in [0.29, 0.717) is 0 Å². The lowest BCUT2D eigenvalue weighted by Crippen LogP contribution is -1.97. The lowest BCUT2D eigenvalue weighted by atomic mass is 10.0. The number of fused-ring (bicyclic) bond motifs is 2. The third kappa shape index (κ3) is 4.06. The van der Waals surface area contributed by atoms with E-state index in [0.717, 1.165) is 44.2 Å². The Balaban J connectivity index is 1.66. The molecule has 0 saturated heterocycles. The molecule has 1 heteroatoms. The fourth-order valence-electron chi connectivity index (χ4n) is 3.67. The molecule has 0 saturated carbocycles. The molecular formula is C30H20O. The first-order valence-corrected chi connectivity index (χ1v) is 10.3. The van der Waals surface area contributed by atoms with Crippen LogP contribution in [0.1, 0.15) is 11.1 Å². The first-order chi connectivity index (χ1) is 15.4. The van der Waals surface area contributed by atoms with Crippen molar-refractivity contribution in [3.8, 4) is 17.6 Å². The molecule has 146 valence electrons. The topological polar surface area (TPSA) is 9.23 Å². The highest BCUT2D eigenvalue weighted by Crippen LogP contribution is 2.37.